The fraction of sp³-hybridized carbons (Fsp3) is 0.417. The van der Waals surface area contributed by atoms with E-state index in [1.54, 1.807) is 14.1 Å². The summed E-state index contributed by atoms with van der Waals surface area (Å²) in [5, 5.41) is 10.0. The molecule has 5 nitrogen and oxygen atoms in total. The quantitative estimate of drug-likeness (QED) is 0.524. The van der Waals surface area contributed by atoms with Gasteiger partial charge in [-0.1, -0.05) is 30.3 Å². The summed E-state index contributed by atoms with van der Waals surface area (Å²) in [6.07, 6.45) is 1.20. The lowest BCUT2D eigenvalue weighted by Gasteiger charge is -2.05. The fourth-order valence-corrected chi connectivity index (χ4v) is 1.09. The molecule has 1 aromatic carbocycles. The second kappa shape index (κ2) is 8.69. The van der Waals surface area contributed by atoms with Crippen molar-refractivity contribution in [3.63, 3.8) is 0 Å². The molecule has 0 unspecified atom stereocenters. The van der Waals surface area contributed by atoms with E-state index in [9.17, 15) is 4.79 Å². The van der Waals surface area contributed by atoms with E-state index in [-0.39, 0.29) is 0 Å². The largest absolute Gasteiger partial charge is 0.480 e. The van der Waals surface area contributed by atoms with Crippen LogP contribution in [0, 0.1) is 0 Å². The Morgan fingerprint density at radius 2 is 1.82 bits per heavy atom. The van der Waals surface area contributed by atoms with E-state index in [2.05, 4.69) is 0 Å². The topological polar surface area (TPSA) is 92.6 Å². The molecule has 1 atom stereocenters. The highest BCUT2D eigenvalue weighted by molar-refractivity contribution is 5.73. The van der Waals surface area contributed by atoms with Crippen molar-refractivity contribution in [2.45, 2.75) is 18.9 Å². The van der Waals surface area contributed by atoms with Crippen molar-refractivity contribution in [3.05, 3.63) is 35.9 Å². The van der Waals surface area contributed by atoms with E-state index in [1.165, 1.54) is 5.01 Å². The fourth-order valence-electron chi connectivity index (χ4n) is 1.09. The van der Waals surface area contributed by atoms with Gasteiger partial charge in [-0.25, -0.2) is 0 Å². The second-order valence-corrected chi connectivity index (χ2v) is 3.93. The van der Waals surface area contributed by atoms with Gasteiger partial charge in [0.15, 0.2) is 0 Å². The van der Waals surface area contributed by atoms with Gasteiger partial charge in [-0.05, 0) is 18.4 Å². The van der Waals surface area contributed by atoms with Crippen molar-refractivity contribution in [1.29, 1.82) is 0 Å². The van der Waals surface area contributed by atoms with E-state index in [1.807, 2.05) is 30.3 Å². The van der Waals surface area contributed by atoms with Crippen LogP contribution >= 0.6 is 0 Å². The monoisotopic (exact) mass is 239 g/mol. The van der Waals surface area contributed by atoms with Gasteiger partial charge in [-0.2, -0.15) is 0 Å². The van der Waals surface area contributed by atoms with Crippen LogP contribution < -0.4 is 11.6 Å². The second-order valence-electron chi connectivity index (χ2n) is 3.93. The maximum absolute atomic E-state index is 10.4. The van der Waals surface area contributed by atoms with E-state index in [0.29, 0.717) is 12.8 Å². The molecule has 0 aliphatic carbocycles. The zero-order valence-electron chi connectivity index (χ0n) is 10.3. The van der Waals surface area contributed by atoms with Crippen LogP contribution in [-0.4, -0.2) is 36.2 Å². The molecule has 0 saturated carbocycles. The number of hydrogen-bond acceptors (Lipinski definition) is 4. The predicted octanol–water partition coefficient (Wildman–Crippen LogP) is 0.453. The van der Waals surface area contributed by atoms with Gasteiger partial charge in [0.1, 0.15) is 6.04 Å². The summed E-state index contributed by atoms with van der Waals surface area (Å²) in [7, 11) is 3.56. The van der Waals surface area contributed by atoms with Gasteiger partial charge < -0.3 is 10.8 Å². The van der Waals surface area contributed by atoms with Crippen molar-refractivity contribution >= 4 is 5.97 Å². The van der Waals surface area contributed by atoms with Crippen LogP contribution in [0.3, 0.4) is 0 Å². The zero-order chi connectivity index (χ0) is 13.3. The van der Waals surface area contributed by atoms with Gasteiger partial charge in [-0.3, -0.25) is 15.6 Å². The van der Waals surface area contributed by atoms with E-state index < -0.39 is 12.0 Å². The number of carbonyl (C=O) groups is 1. The molecule has 0 spiro atoms. The van der Waals surface area contributed by atoms with Crippen molar-refractivity contribution in [1.82, 2.24) is 5.01 Å². The van der Waals surface area contributed by atoms with Gasteiger partial charge in [0.2, 0.25) is 0 Å². The number of aliphatic carboxylic acids is 1. The SMILES string of the molecule is CN(C)N.N[C@H](CCc1ccccc1)C(=O)O. The number of nitrogens with two attached hydrogens (primary N) is 2. The number of hydrazine groups is 1. The first-order valence-electron chi connectivity index (χ1n) is 5.37. The number of carboxylic acid groups (broad SMARTS) is 1. The third kappa shape index (κ3) is 9.50. The minimum atomic E-state index is -0.934. The van der Waals surface area contributed by atoms with Crippen LogP contribution in [0.1, 0.15) is 12.0 Å². The maximum atomic E-state index is 10.4. The molecule has 0 aromatic heterocycles. The molecule has 0 fully saturated rings. The van der Waals surface area contributed by atoms with Crippen LogP contribution in [0.4, 0.5) is 0 Å². The molecule has 0 saturated heterocycles. The normalized spacial score (nSPS) is 11.6. The van der Waals surface area contributed by atoms with Crippen molar-refractivity contribution < 1.29 is 9.90 Å². The van der Waals surface area contributed by atoms with Crippen LogP contribution in [0.15, 0.2) is 30.3 Å². The van der Waals surface area contributed by atoms with Gasteiger partial charge >= 0.3 is 5.97 Å². The number of hydrogen-bond donors (Lipinski definition) is 3. The van der Waals surface area contributed by atoms with Gasteiger partial charge in [0, 0.05) is 14.1 Å². The van der Waals surface area contributed by atoms with Crippen LogP contribution in [0.25, 0.3) is 0 Å². The molecule has 5 N–H and O–H groups in total. The molecule has 0 heterocycles. The lowest BCUT2D eigenvalue weighted by atomic mass is 10.1. The standard InChI is InChI=1S/C10H13NO2.C2H8N2/c11-9(10(12)13)7-6-8-4-2-1-3-5-8;1-4(2)3/h1-5,9H,6-7,11H2,(H,12,13);3H2,1-2H3/t9-;/m1./s1. The smallest absolute Gasteiger partial charge is 0.320 e. The van der Waals surface area contributed by atoms with E-state index >= 15 is 0 Å². The number of nitrogens with zero attached hydrogens (tertiary/aromatic N) is 1. The van der Waals surface area contributed by atoms with Crippen molar-refractivity contribution in [3.8, 4) is 0 Å². The van der Waals surface area contributed by atoms with E-state index in [0.717, 1.165) is 5.56 Å². The number of carboxylic acids is 1. The Morgan fingerprint density at radius 1 is 1.35 bits per heavy atom. The van der Waals surface area contributed by atoms with Gasteiger partial charge in [0.05, 0.1) is 0 Å². The molecule has 17 heavy (non-hydrogen) atoms. The third-order valence-electron chi connectivity index (χ3n) is 1.90. The first kappa shape index (κ1) is 15.6. The van der Waals surface area contributed by atoms with Crippen LogP contribution in [-0.2, 0) is 11.2 Å². The maximum Gasteiger partial charge on any atom is 0.320 e. The molecular formula is C12H21N3O2. The Hall–Kier alpha value is -1.43. The van der Waals surface area contributed by atoms with E-state index in [4.69, 9.17) is 16.7 Å². The number of benzene rings is 1. The summed E-state index contributed by atoms with van der Waals surface area (Å²) in [6, 6.07) is 8.98. The molecule has 96 valence electrons. The van der Waals surface area contributed by atoms with Crippen LogP contribution in [0.2, 0.25) is 0 Å². The molecule has 0 aliphatic rings. The first-order valence-corrected chi connectivity index (χ1v) is 5.37. The summed E-state index contributed by atoms with van der Waals surface area (Å²) in [6.45, 7) is 0. The van der Waals surface area contributed by atoms with Crippen LogP contribution in [0.5, 0.6) is 0 Å². The Morgan fingerprint density at radius 3 is 2.24 bits per heavy atom. The zero-order valence-corrected chi connectivity index (χ0v) is 10.3. The Kier molecular flexibility index (Phi) is 7.96. The summed E-state index contributed by atoms with van der Waals surface area (Å²) < 4.78 is 0. The molecule has 5 heteroatoms. The molecule has 0 radical (unpaired) electrons. The molecule has 1 rings (SSSR count). The number of aryl methyl sites for hydroxylation is 1. The summed E-state index contributed by atoms with van der Waals surface area (Å²) in [5.41, 5.74) is 6.49. The molecule has 0 aliphatic heterocycles. The molecular weight excluding hydrogens is 218 g/mol. The average Bonchev–Trinajstić information content (AvgIpc) is 2.26. The molecule has 0 bridgehead atoms. The van der Waals surface area contributed by atoms with Crippen molar-refractivity contribution in [2.75, 3.05) is 14.1 Å². The molecule has 0 amide bonds. The highest BCUT2D eigenvalue weighted by Gasteiger charge is 2.10. The predicted molar refractivity (Wildman–Crippen MR) is 68.2 cm³/mol. The minimum absolute atomic E-state index is 0.485. The minimum Gasteiger partial charge on any atom is -0.480 e. The average molecular weight is 239 g/mol. The highest BCUT2D eigenvalue weighted by Crippen LogP contribution is 2.03. The van der Waals surface area contributed by atoms with Gasteiger partial charge in [-0.15, -0.1) is 0 Å². The summed E-state index contributed by atoms with van der Waals surface area (Å²) in [5.74, 6) is 4.01. The lowest BCUT2D eigenvalue weighted by molar-refractivity contribution is -0.138. The van der Waals surface area contributed by atoms with Crippen molar-refractivity contribution in [2.24, 2.45) is 11.6 Å². The summed E-state index contributed by atoms with van der Waals surface area (Å²) >= 11 is 0. The Balaban J connectivity index is 0.000000557. The molecule has 1 aromatic rings. The summed E-state index contributed by atoms with van der Waals surface area (Å²) in [4.78, 5) is 10.4. The highest BCUT2D eigenvalue weighted by atomic mass is 16.4. The lowest BCUT2D eigenvalue weighted by Crippen LogP contribution is -2.30. The Bertz CT molecular complexity index is 312. The number of rotatable bonds is 4. The first-order chi connectivity index (χ1) is 7.93. The third-order valence-corrected chi connectivity index (χ3v) is 1.90. The van der Waals surface area contributed by atoms with Gasteiger partial charge in [0.25, 0.3) is 0 Å². The Labute approximate surface area is 102 Å².